The molecule has 112 valence electrons. The molecule has 1 rings (SSSR count). The number of hydrogen-bond donors (Lipinski definition) is 1. The maximum atomic E-state index is 12.5. The molecule has 0 radical (unpaired) electrons. The lowest BCUT2D eigenvalue weighted by molar-refractivity contribution is 0.410. The molecule has 0 bridgehead atoms. The summed E-state index contributed by atoms with van der Waals surface area (Å²) in [5.74, 6) is 0. The quantitative estimate of drug-likeness (QED) is 0.779. The molecule has 0 aliphatic heterocycles. The minimum Gasteiger partial charge on any atom is -0.389 e. The van der Waals surface area contributed by atoms with Crippen molar-refractivity contribution < 1.29 is 8.42 Å². The van der Waals surface area contributed by atoms with Gasteiger partial charge in [-0.1, -0.05) is 37.7 Å². The third-order valence-electron chi connectivity index (χ3n) is 2.79. The van der Waals surface area contributed by atoms with Crippen molar-refractivity contribution in [3.05, 3.63) is 28.8 Å². The fraction of sp³-hybridized carbons (Fsp3) is 0.462. The molecule has 4 nitrogen and oxygen atoms in total. The Morgan fingerprint density at radius 2 is 1.85 bits per heavy atom. The molecule has 0 fully saturated rings. The van der Waals surface area contributed by atoms with Crippen LogP contribution in [-0.2, 0) is 10.0 Å². The van der Waals surface area contributed by atoms with E-state index >= 15 is 0 Å². The fourth-order valence-electron chi connectivity index (χ4n) is 1.86. The van der Waals surface area contributed by atoms with Gasteiger partial charge in [0.15, 0.2) is 0 Å². The summed E-state index contributed by atoms with van der Waals surface area (Å²) in [4.78, 5) is 0.322. The van der Waals surface area contributed by atoms with Gasteiger partial charge in [0, 0.05) is 18.7 Å². The fourth-order valence-corrected chi connectivity index (χ4v) is 4.09. The molecule has 0 aromatic heterocycles. The van der Waals surface area contributed by atoms with Gasteiger partial charge in [0.1, 0.15) is 4.99 Å². The van der Waals surface area contributed by atoms with Gasteiger partial charge in [0.05, 0.1) is 9.92 Å². The predicted octanol–water partition coefficient (Wildman–Crippen LogP) is 2.78. The van der Waals surface area contributed by atoms with Crippen molar-refractivity contribution in [2.75, 3.05) is 13.1 Å². The molecule has 0 aliphatic carbocycles. The summed E-state index contributed by atoms with van der Waals surface area (Å²) >= 11 is 10.9. The van der Waals surface area contributed by atoms with Gasteiger partial charge in [0.25, 0.3) is 0 Å². The van der Waals surface area contributed by atoms with Crippen LogP contribution in [0.4, 0.5) is 0 Å². The minimum absolute atomic E-state index is 0.151. The van der Waals surface area contributed by atoms with Crippen molar-refractivity contribution in [3.63, 3.8) is 0 Å². The number of rotatable bonds is 7. The SMILES string of the molecule is CCCN(CCC)S(=O)(=O)c1ccc(C(N)=S)c(Cl)c1. The summed E-state index contributed by atoms with van der Waals surface area (Å²) in [6.07, 6.45) is 1.52. The Labute approximate surface area is 131 Å². The van der Waals surface area contributed by atoms with Gasteiger partial charge in [-0.05, 0) is 31.0 Å². The molecule has 2 N–H and O–H groups in total. The minimum atomic E-state index is -3.53. The normalized spacial score (nSPS) is 11.8. The Morgan fingerprint density at radius 1 is 1.30 bits per heavy atom. The van der Waals surface area contributed by atoms with Gasteiger partial charge in [0.2, 0.25) is 10.0 Å². The number of sulfonamides is 1. The largest absolute Gasteiger partial charge is 0.389 e. The van der Waals surface area contributed by atoms with Crippen LogP contribution in [0.25, 0.3) is 0 Å². The van der Waals surface area contributed by atoms with E-state index < -0.39 is 10.0 Å². The Hall–Kier alpha value is -0.690. The van der Waals surface area contributed by atoms with Crippen molar-refractivity contribution in [1.29, 1.82) is 0 Å². The number of nitrogens with zero attached hydrogens (tertiary/aromatic N) is 1. The zero-order valence-electron chi connectivity index (χ0n) is 11.6. The molecule has 0 saturated carbocycles. The second-order valence-electron chi connectivity index (χ2n) is 4.41. The van der Waals surface area contributed by atoms with Crippen LogP contribution < -0.4 is 5.73 Å². The van der Waals surface area contributed by atoms with Gasteiger partial charge in [-0.3, -0.25) is 0 Å². The van der Waals surface area contributed by atoms with Crippen LogP contribution in [0.5, 0.6) is 0 Å². The highest BCUT2D eigenvalue weighted by molar-refractivity contribution is 7.89. The molecule has 0 atom stereocenters. The molecule has 0 amide bonds. The van der Waals surface area contributed by atoms with Crippen LogP contribution in [-0.4, -0.2) is 30.8 Å². The zero-order chi connectivity index (χ0) is 15.3. The summed E-state index contributed by atoms with van der Waals surface area (Å²) in [7, 11) is -3.53. The first-order chi connectivity index (χ1) is 9.34. The van der Waals surface area contributed by atoms with Crippen LogP contribution in [0.15, 0.2) is 23.1 Å². The van der Waals surface area contributed by atoms with Crippen molar-refractivity contribution >= 4 is 38.8 Å². The van der Waals surface area contributed by atoms with Crippen molar-refractivity contribution in [2.45, 2.75) is 31.6 Å². The molecular formula is C13H19ClN2O2S2. The Morgan fingerprint density at radius 3 is 2.25 bits per heavy atom. The number of thiocarbonyl (C=S) groups is 1. The van der Waals surface area contributed by atoms with E-state index in [9.17, 15) is 8.42 Å². The lowest BCUT2D eigenvalue weighted by Gasteiger charge is -2.21. The number of benzene rings is 1. The molecule has 1 aromatic rings. The van der Waals surface area contributed by atoms with Crippen LogP contribution >= 0.6 is 23.8 Å². The van der Waals surface area contributed by atoms with E-state index in [0.29, 0.717) is 18.7 Å². The molecule has 0 heterocycles. The Balaban J connectivity index is 3.20. The van der Waals surface area contributed by atoms with Crippen molar-refractivity contribution in [1.82, 2.24) is 4.31 Å². The maximum absolute atomic E-state index is 12.5. The molecule has 7 heteroatoms. The molecule has 0 unspecified atom stereocenters. The third-order valence-corrected chi connectivity index (χ3v) is 5.22. The number of nitrogens with two attached hydrogens (primary N) is 1. The number of hydrogen-bond acceptors (Lipinski definition) is 3. The lowest BCUT2D eigenvalue weighted by atomic mass is 10.2. The average molecular weight is 335 g/mol. The van der Waals surface area contributed by atoms with E-state index in [1.165, 1.54) is 16.4 Å². The Kier molecular flexibility index (Phi) is 6.39. The summed E-state index contributed by atoms with van der Waals surface area (Å²) in [5.41, 5.74) is 6.00. The smallest absolute Gasteiger partial charge is 0.243 e. The highest BCUT2D eigenvalue weighted by Gasteiger charge is 2.23. The topological polar surface area (TPSA) is 63.4 Å². The van der Waals surface area contributed by atoms with E-state index in [4.69, 9.17) is 29.6 Å². The Bertz CT molecular complexity index is 582. The molecule has 20 heavy (non-hydrogen) atoms. The monoisotopic (exact) mass is 334 g/mol. The molecular weight excluding hydrogens is 316 g/mol. The van der Waals surface area contributed by atoms with Crippen LogP contribution in [0.2, 0.25) is 5.02 Å². The van der Waals surface area contributed by atoms with Gasteiger partial charge in [-0.25, -0.2) is 8.42 Å². The third kappa shape index (κ3) is 3.91. The first kappa shape index (κ1) is 17.4. The van der Waals surface area contributed by atoms with E-state index in [-0.39, 0.29) is 14.9 Å². The zero-order valence-corrected chi connectivity index (χ0v) is 14.0. The number of halogens is 1. The first-order valence-corrected chi connectivity index (χ1v) is 8.66. The molecule has 0 spiro atoms. The second-order valence-corrected chi connectivity index (χ2v) is 7.19. The summed E-state index contributed by atoms with van der Waals surface area (Å²) in [5, 5.41) is 0.256. The lowest BCUT2D eigenvalue weighted by Crippen LogP contribution is -2.32. The van der Waals surface area contributed by atoms with E-state index in [0.717, 1.165) is 12.8 Å². The summed E-state index contributed by atoms with van der Waals surface area (Å²) in [6, 6.07) is 4.45. The van der Waals surface area contributed by atoms with Gasteiger partial charge in [-0.2, -0.15) is 4.31 Å². The predicted molar refractivity (Wildman–Crippen MR) is 86.7 cm³/mol. The summed E-state index contributed by atoms with van der Waals surface area (Å²) < 4.78 is 26.6. The highest BCUT2D eigenvalue weighted by atomic mass is 35.5. The first-order valence-electron chi connectivity index (χ1n) is 6.44. The van der Waals surface area contributed by atoms with Gasteiger partial charge in [-0.15, -0.1) is 0 Å². The van der Waals surface area contributed by atoms with E-state index in [2.05, 4.69) is 0 Å². The van der Waals surface area contributed by atoms with Gasteiger partial charge < -0.3 is 5.73 Å². The van der Waals surface area contributed by atoms with Crippen molar-refractivity contribution in [2.24, 2.45) is 5.73 Å². The van der Waals surface area contributed by atoms with Crippen LogP contribution in [0.3, 0.4) is 0 Å². The molecule has 1 aromatic carbocycles. The maximum Gasteiger partial charge on any atom is 0.243 e. The molecule has 0 saturated heterocycles. The van der Waals surface area contributed by atoms with E-state index in [1.54, 1.807) is 6.07 Å². The van der Waals surface area contributed by atoms with Gasteiger partial charge >= 0.3 is 0 Å². The molecule has 0 aliphatic rings. The standard InChI is InChI=1S/C13H19ClN2O2S2/c1-3-7-16(8-4-2)20(17,18)10-5-6-11(13(15)19)12(14)9-10/h5-6,9H,3-4,7-8H2,1-2H3,(H2,15,19). The summed E-state index contributed by atoms with van der Waals surface area (Å²) in [6.45, 7) is 4.87. The van der Waals surface area contributed by atoms with E-state index in [1.807, 2.05) is 13.8 Å². The highest BCUT2D eigenvalue weighted by Crippen LogP contribution is 2.23. The second kappa shape index (κ2) is 7.36. The van der Waals surface area contributed by atoms with Crippen molar-refractivity contribution in [3.8, 4) is 0 Å². The van der Waals surface area contributed by atoms with Crippen LogP contribution in [0.1, 0.15) is 32.3 Å². The average Bonchev–Trinajstić information content (AvgIpc) is 2.37. The van der Waals surface area contributed by atoms with Crippen LogP contribution in [0, 0.1) is 0 Å².